The van der Waals surface area contributed by atoms with Crippen LogP contribution in [0, 0.1) is 0 Å². The summed E-state index contributed by atoms with van der Waals surface area (Å²) in [5.41, 5.74) is 2.25. The maximum Gasteiger partial charge on any atom is 0.259 e. The predicted octanol–water partition coefficient (Wildman–Crippen LogP) is 2.46. The van der Waals surface area contributed by atoms with Gasteiger partial charge >= 0.3 is 0 Å². The molecule has 1 N–H and O–H groups in total. The molecular formula is C24H28N6O4S. The Bertz CT molecular complexity index is 1220. The first-order chi connectivity index (χ1) is 17.0. The third-order valence-electron chi connectivity index (χ3n) is 6.34. The van der Waals surface area contributed by atoms with Gasteiger partial charge in [0.15, 0.2) is 5.13 Å². The zero-order valence-corrected chi connectivity index (χ0v) is 20.6. The number of hydrogen-bond acceptors (Lipinski definition) is 9. The van der Waals surface area contributed by atoms with Crippen LogP contribution in [0.2, 0.25) is 0 Å². The van der Waals surface area contributed by atoms with Gasteiger partial charge in [-0.2, -0.15) is 0 Å². The number of carbonyl (C=O) groups excluding carboxylic acids is 2. The van der Waals surface area contributed by atoms with E-state index in [1.807, 2.05) is 23.1 Å². The Kier molecular flexibility index (Phi) is 6.69. The van der Waals surface area contributed by atoms with Gasteiger partial charge in [-0.25, -0.2) is 9.97 Å². The second-order valence-electron chi connectivity index (χ2n) is 8.44. The number of morpholine rings is 1. The van der Waals surface area contributed by atoms with E-state index in [2.05, 4.69) is 25.1 Å². The first kappa shape index (κ1) is 23.3. The van der Waals surface area contributed by atoms with Gasteiger partial charge in [0.1, 0.15) is 17.1 Å². The Morgan fingerprint density at radius 1 is 1.03 bits per heavy atom. The van der Waals surface area contributed by atoms with E-state index >= 15 is 0 Å². The van der Waals surface area contributed by atoms with Crippen LogP contribution in [0.4, 0.5) is 16.6 Å². The SMILES string of the molecule is COc1ccc(N2CCOCC2)c2sc(NC(=O)c3ccc(N4CCN(C(C)=O)CC4)nc3)nc12. The summed E-state index contributed by atoms with van der Waals surface area (Å²) in [6.07, 6.45) is 1.58. The van der Waals surface area contributed by atoms with Gasteiger partial charge in [0.25, 0.3) is 5.91 Å². The number of methoxy groups -OCH3 is 1. The fourth-order valence-electron chi connectivity index (χ4n) is 4.37. The zero-order valence-electron chi connectivity index (χ0n) is 19.8. The van der Waals surface area contributed by atoms with Crippen molar-refractivity contribution < 1.29 is 19.1 Å². The molecule has 184 valence electrons. The number of hydrogen-bond donors (Lipinski definition) is 1. The summed E-state index contributed by atoms with van der Waals surface area (Å²) < 4.78 is 12.0. The van der Waals surface area contributed by atoms with Crippen LogP contribution in [0.5, 0.6) is 5.75 Å². The molecule has 35 heavy (non-hydrogen) atoms. The predicted molar refractivity (Wildman–Crippen MR) is 136 cm³/mol. The lowest BCUT2D eigenvalue weighted by atomic mass is 10.2. The lowest BCUT2D eigenvalue weighted by molar-refractivity contribution is -0.129. The summed E-state index contributed by atoms with van der Waals surface area (Å²) >= 11 is 1.43. The van der Waals surface area contributed by atoms with Crippen molar-refractivity contribution in [1.29, 1.82) is 0 Å². The van der Waals surface area contributed by atoms with Crippen LogP contribution < -0.4 is 19.9 Å². The number of fused-ring (bicyclic) bond motifs is 1. The minimum absolute atomic E-state index is 0.0918. The van der Waals surface area contributed by atoms with Crippen LogP contribution in [-0.2, 0) is 9.53 Å². The number of nitrogens with zero attached hydrogens (tertiary/aromatic N) is 5. The van der Waals surface area contributed by atoms with E-state index in [-0.39, 0.29) is 11.8 Å². The minimum atomic E-state index is -0.267. The van der Waals surface area contributed by atoms with Crippen LogP contribution in [0.25, 0.3) is 10.2 Å². The lowest BCUT2D eigenvalue weighted by Gasteiger charge is -2.34. The molecule has 2 saturated heterocycles. The van der Waals surface area contributed by atoms with E-state index < -0.39 is 0 Å². The lowest BCUT2D eigenvalue weighted by Crippen LogP contribution is -2.48. The molecule has 0 aliphatic carbocycles. The Morgan fingerprint density at radius 2 is 1.80 bits per heavy atom. The second-order valence-corrected chi connectivity index (χ2v) is 9.43. The number of carbonyl (C=O) groups is 2. The number of piperazine rings is 1. The highest BCUT2D eigenvalue weighted by molar-refractivity contribution is 7.23. The number of rotatable bonds is 5. The second kappa shape index (κ2) is 10.0. The molecule has 2 amide bonds. The summed E-state index contributed by atoms with van der Waals surface area (Å²) in [7, 11) is 1.62. The van der Waals surface area contributed by atoms with Gasteiger partial charge in [0, 0.05) is 52.4 Å². The molecule has 4 heterocycles. The number of anilines is 3. The number of pyridine rings is 1. The largest absolute Gasteiger partial charge is 0.494 e. The maximum atomic E-state index is 12.9. The number of ether oxygens (including phenoxy) is 2. The summed E-state index contributed by atoms with van der Waals surface area (Å²) in [6, 6.07) is 7.56. The van der Waals surface area contributed by atoms with Crippen molar-refractivity contribution >= 4 is 50.0 Å². The fraction of sp³-hybridized carbons (Fsp3) is 0.417. The molecule has 1 aromatic carbocycles. The van der Waals surface area contributed by atoms with Gasteiger partial charge in [-0.3, -0.25) is 14.9 Å². The summed E-state index contributed by atoms with van der Waals surface area (Å²) in [6.45, 7) is 7.36. The Balaban J connectivity index is 1.31. The first-order valence-electron chi connectivity index (χ1n) is 11.6. The smallest absolute Gasteiger partial charge is 0.259 e. The van der Waals surface area contributed by atoms with E-state index in [1.165, 1.54) is 11.3 Å². The number of aromatic nitrogens is 2. The van der Waals surface area contributed by atoms with Crippen LogP contribution in [0.3, 0.4) is 0 Å². The van der Waals surface area contributed by atoms with Crippen molar-refractivity contribution in [3.05, 3.63) is 36.0 Å². The van der Waals surface area contributed by atoms with Crippen LogP contribution >= 0.6 is 11.3 Å². The highest BCUT2D eigenvalue weighted by Crippen LogP contribution is 2.39. The van der Waals surface area contributed by atoms with E-state index in [1.54, 1.807) is 26.3 Å². The van der Waals surface area contributed by atoms with Crippen LogP contribution in [0.1, 0.15) is 17.3 Å². The van der Waals surface area contributed by atoms with Crippen molar-refractivity contribution in [2.75, 3.05) is 74.7 Å². The Labute approximate surface area is 207 Å². The average Bonchev–Trinajstić information content (AvgIpc) is 3.32. The molecule has 2 fully saturated rings. The molecule has 2 aliphatic rings. The molecule has 10 nitrogen and oxygen atoms in total. The quantitative estimate of drug-likeness (QED) is 0.575. The topological polar surface area (TPSA) is 100 Å². The van der Waals surface area contributed by atoms with Crippen molar-refractivity contribution in [3.8, 4) is 5.75 Å². The number of thiazole rings is 1. The first-order valence-corrected chi connectivity index (χ1v) is 12.4. The molecule has 2 aromatic heterocycles. The summed E-state index contributed by atoms with van der Waals surface area (Å²) in [5.74, 6) is 1.29. The Morgan fingerprint density at radius 3 is 2.46 bits per heavy atom. The highest BCUT2D eigenvalue weighted by Gasteiger charge is 2.22. The van der Waals surface area contributed by atoms with E-state index in [0.717, 1.165) is 47.9 Å². The van der Waals surface area contributed by atoms with E-state index in [4.69, 9.17) is 9.47 Å². The normalized spacial score (nSPS) is 16.5. The summed E-state index contributed by atoms with van der Waals surface area (Å²) in [5, 5.41) is 3.43. The van der Waals surface area contributed by atoms with Gasteiger partial charge in [-0.15, -0.1) is 0 Å². The number of benzene rings is 1. The van der Waals surface area contributed by atoms with Crippen LogP contribution in [0.15, 0.2) is 30.5 Å². The standard InChI is InChI=1S/C24H28N6O4S/c1-16(31)28-7-9-30(10-8-28)20-6-3-17(15-25-20)23(32)27-24-26-21-19(33-2)5-4-18(22(21)35-24)29-11-13-34-14-12-29/h3-6,15H,7-14H2,1-2H3,(H,26,27,32). The third-order valence-corrected chi connectivity index (χ3v) is 7.33. The molecule has 5 rings (SSSR count). The molecule has 0 radical (unpaired) electrons. The number of nitrogens with one attached hydrogen (secondary N) is 1. The molecule has 3 aromatic rings. The molecule has 0 unspecified atom stereocenters. The van der Waals surface area contributed by atoms with Gasteiger partial charge in [-0.1, -0.05) is 11.3 Å². The van der Waals surface area contributed by atoms with Gasteiger partial charge < -0.3 is 24.2 Å². The van der Waals surface area contributed by atoms with Gasteiger partial charge in [0.05, 0.1) is 36.3 Å². The number of amides is 2. The zero-order chi connectivity index (χ0) is 24.4. The highest BCUT2D eigenvalue weighted by atomic mass is 32.1. The third kappa shape index (κ3) is 4.87. The molecule has 0 spiro atoms. The minimum Gasteiger partial charge on any atom is -0.494 e. The van der Waals surface area contributed by atoms with Crippen molar-refractivity contribution in [1.82, 2.24) is 14.9 Å². The molecule has 0 bridgehead atoms. The van der Waals surface area contributed by atoms with Crippen molar-refractivity contribution in [2.45, 2.75) is 6.92 Å². The van der Waals surface area contributed by atoms with Gasteiger partial charge in [0.2, 0.25) is 5.91 Å². The molecule has 2 aliphatic heterocycles. The monoisotopic (exact) mass is 496 g/mol. The molecular weight excluding hydrogens is 468 g/mol. The molecule has 11 heteroatoms. The Hall–Kier alpha value is -3.44. The fourth-order valence-corrected chi connectivity index (χ4v) is 5.39. The molecule has 0 saturated carbocycles. The van der Waals surface area contributed by atoms with Gasteiger partial charge in [-0.05, 0) is 24.3 Å². The van der Waals surface area contributed by atoms with Crippen molar-refractivity contribution in [2.24, 2.45) is 0 Å². The summed E-state index contributed by atoms with van der Waals surface area (Å²) in [4.78, 5) is 39.8. The van der Waals surface area contributed by atoms with Crippen LogP contribution in [-0.4, -0.2) is 86.3 Å². The molecule has 0 atom stereocenters. The van der Waals surface area contributed by atoms with E-state index in [9.17, 15) is 9.59 Å². The van der Waals surface area contributed by atoms with Crippen molar-refractivity contribution in [3.63, 3.8) is 0 Å². The maximum absolute atomic E-state index is 12.9. The van der Waals surface area contributed by atoms with E-state index in [0.29, 0.717) is 42.7 Å². The average molecular weight is 497 g/mol.